The van der Waals surface area contributed by atoms with Crippen molar-refractivity contribution in [1.29, 1.82) is 0 Å². The van der Waals surface area contributed by atoms with Gasteiger partial charge in [0.15, 0.2) is 19.0 Å². The highest BCUT2D eigenvalue weighted by Crippen LogP contribution is 2.04. The van der Waals surface area contributed by atoms with E-state index < -0.39 is 0 Å². The van der Waals surface area contributed by atoms with E-state index in [2.05, 4.69) is 24.3 Å². The van der Waals surface area contributed by atoms with Crippen LogP contribution < -0.4 is 10.4 Å². The molecule has 0 saturated carbocycles. The third-order valence-electron chi connectivity index (χ3n) is 3.04. The Morgan fingerprint density at radius 1 is 0.500 bits per heavy atom. The standard InChI is InChI=1S/C20H34O4Si2/c1-13(2)21-19(22-14(3)4)25-17-9-11-18(12-10-17)26-20(23-15(5)6)24-16(7)8/h9-16,19-20H,1-8H3. The second-order valence-electron chi connectivity index (χ2n) is 7.27. The fraction of sp³-hybridized carbons (Fsp3) is 0.700. The van der Waals surface area contributed by atoms with Crippen LogP contribution in [-0.4, -0.2) is 55.3 Å². The van der Waals surface area contributed by atoms with Crippen LogP contribution in [0.1, 0.15) is 55.4 Å². The quantitative estimate of drug-likeness (QED) is 0.403. The predicted octanol–water partition coefficient (Wildman–Crippen LogP) is 2.61. The van der Waals surface area contributed by atoms with Gasteiger partial charge in [-0.05, 0) is 55.4 Å². The molecular formula is C20H34O4Si2. The summed E-state index contributed by atoms with van der Waals surface area (Å²) in [5.74, 6) is -0.380. The van der Waals surface area contributed by atoms with Gasteiger partial charge in [0.1, 0.15) is 11.8 Å². The molecule has 1 aromatic carbocycles. The summed E-state index contributed by atoms with van der Waals surface area (Å²) in [4.78, 5) is 0. The molecule has 4 nitrogen and oxygen atoms in total. The molecule has 0 atom stereocenters. The van der Waals surface area contributed by atoms with Gasteiger partial charge in [0.25, 0.3) is 0 Å². The Kier molecular flexibility index (Phi) is 10.9. The van der Waals surface area contributed by atoms with Crippen molar-refractivity contribution in [1.82, 2.24) is 0 Å². The monoisotopic (exact) mass is 394 g/mol. The zero-order valence-electron chi connectivity index (χ0n) is 17.4. The van der Waals surface area contributed by atoms with Gasteiger partial charge in [-0.25, -0.2) is 0 Å². The summed E-state index contributed by atoms with van der Waals surface area (Å²) >= 11 is 0. The maximum Gasteiger partial charge on any atom is 0.157 e. The molecule has 0 bridgehead atoms. The average molecular weight is 395 g/mol. The summed E-state index contributed by atoms with van der Waals surface area (Å²) < 4.78 is 23.6. The van der Waals surface area contributed by atoms with E-state index in [9.17, 15) is 0 Å². The van der Waals surface area contributed by atoms with Crippen LogP contribution in [0.15, 0.2) is 24.3 Å². The van der Waals surface area contributed by atoms with E-state index in [0.29, 0.717) is 19.0 Å². The Hall–Kier alpha value is -0.506. The molecule has 0 saturated heterocycles. The average Bonchev–Trinajstić information content (AvgIpc) is 2.46. The second-order valence-corrected chi connectivity index (χ2v) is 9.94. The van der Waals surface area contributed by atoms with Crippen molar-refractivity contribution in [3.05, 3.63) is 24.3 Å². The van der Waals surface area contributed by atoms with E-state index in [1.807, 2.05) is 55.4 Å². The van der Waals surface area contributed by atoms with Gasteiger partial charge < -0.3 is 18.9 Å². The van der Waals surface area contributed by atoms with E-state index in [1.165, 1.54) is 10.4 Å². The van der Waals surface area contributed by atoms with Gasteiger partial charge in [-0.3, -0.25) is 0 Å². The molecule has 0 unspecified atom stereocenters. The number of rotatable bonds is 12. The predicted molar refractivity (Wildman–Crippen MR) is 110 cm³/mol. The van der Waals surface area contributed by atoms with Gasteiger partial charge in [0.05, 0.1) is 24.4 Å². The van der Waals surface area contributed by atoms with Crippen molar-refractivity contribution in [3.63, 3.8) is 0 Å². The molecule has 0 aliphatic carbocycles. The van der Waals surface area contributed by atoms with Crippen molar-refractivity contribution in [2.75, 3.05) is 0 Å². The lowest BCUT2D eigenvalue weighted by Crippen LogP contribution is -2.39. The van der Waals surface area contributed by atoms with Crippen LogP contribution in [0.3, 0.4) is 0 Å². The first kappa shape index (κ1) is 23.5. The van der Waals surface area contributed by atoms with E-state index in [1.54, 1.807) is 0 Å². The zero-order valence-corrected chi connectivity index (χ0v) is 19.4. The highest BCUT2D eigenvalue weighted by atomic mass is 28.2. The minimum absolute atomic E-state index is 0.147. The van der Waals surface area contributed by atoms with E-state index in [0.717, 1.165) is 0 Å². The third-order valence-corrected chi connectivity index (χ3v) is 5.39. The molecule has 0 heterocycles. The second kappa shape index (κ2) is 12.1. The lowest BCUT2D eigenvalue weighted by Gasteiger charge is -2.23. The van der Waals surface area contributed by atoms with Crippen LogP contribution in [0.25, 0.3) is 0 Å². The van der Waals surface area contributed by atoms with Gasteiger partial charge in [0.2, 0.25) is 0 Å². The lowest BCUT2D eigenvalue weighted by atomic mass is 10.4. The van der Waals surface area contributed by atoms with Crippen molar-refractivity contribution in [2.24, 2.45) is 0 Å². The molecule has 0 N–H and O–H groups in total. The van der Waals surface area contributed by atoms with Crippen molar-refractivity contribution in [3.8, 4) is 0 Å². The summed E-state index contributed by atoms with van der Waals surface area (Å²) in [6, 6.07) is 8.62. The summed E-state index contributed by atoms with van der Waals surface area (Å²) in [6.07, 6.45) is 0.589. The Balaban J connectivity index is 2.70. The molecule has 0 aliphatic rings. The molecule has 1 aromatic rings. The van der Waals surface area contributed by atoms with E-state index in [-0.39, 0.29) is 36.2 Å². The Labute approximate surface area is 164 Å². The first-order valence-electron chi connectivity index (χ1n) is 9.40. The first-order chi connectivity index (χ1) is 12.2. The molecule has 146 valence electrons. The molecule has 6 heteroatoms. The highest BCUT2D eigenvalue weighted by Gasteiger charge is 2.18. The Morgan fingerprint density at radius 2 is 0.731 bits per heavy atom. The molecule has 0 aromatic heterocycles. The van der Waals surface area contributed by atoms with Crippen molar-refractivity contribution in [2.45, 2.75) is 91.6 Å². The molecule has 0 amide bonds. The van der Waals surface area contributed by atoms with Gasteiger partial charge in [-0.15, -0.1) is 0 Å². The van der Waals surface area contributed by atoms with Gasteiger partial charge in [-0.2, -0.15) is 0 Å². The van der Waals surface area contributed by atoms with E-state index in [4.69, 9.17) is 18.9 Å². The minimum atomic E-state index is -0.190. The largest absolute Gasteiger partial charge is 0.354 e. The summed E-state index contributed by atoms with van der Waals surface area (Å²) in [5, 5.41) is 2.46. The van der Waals surface area contributed by atoms with Gasteiger partial charge in [-0.1, -0.05) is 34.6 Å². The minimum Gasteiger partial charge on any atom is -0.354 e. The SMILES string of the molecule is CC(C)OC(OC(C)C)[Si]c1ccc([Si]C(OC(C)C)OC(C)C)cc1. The van der Waals surface area contributed by atoms with E-state index >= 15 is 0 Å². The fourth-order valence-corrected chi connectivity index (χ4v) is 4.75. The number of hydrogen-bond acceptors (Lipinski definition) is 4. The topological polar surface area (TPSA) is 36.9 Å². The Bertz CT molecular complexity index is 424. The zero-order chi connectivity index (χ0) is 19.7. The maximum atomic E-state index is 5.90. The summed E-state index contributed by atoms with van der Waals surface area (Å²) in [6.45, 7) is 16.3. The molecule has 1 rings (SSSR count). The van der Waals surface area contributed by atoms with Crippen LogP contribution in [0.5, 0.6) is 0 Å². The van der Waals surface area contributed by atoms with Crippen LogP contribution in [0, 0.1) is 0 Å². The summed E-state index contributed by atoms with van der Waals surface area (Å²) in [7, 11) is 0.924. The molecular weight excluding hydrogens is 360 g/mol. The van der Waals surface area contributed by atoms with Crippen LogP contribution in [0.2, 0.25) is 0 Å². The van der Waals surface area contributed by atoms with Crippen LogP contribution in [-0.2, 0) is 18.9 Å². The van der Waals surface area contributed by atoms with Crippen molar-refractivity contribution >= 4 is 29.4 Å². The fourth-order valence-electron chi connectivity index (χ4n) is 2.12. The molecule has 0 fully saturated rings. The summed E-state index contributed by atoms with van der Waals surface area (Å²) in [5.41, 5.74) is 0. The number of hydrogen-bond donors (Lipinski definition) is 0. The molecule has 26 heavy (non-hydrogen) atoms. The smallest absolute Gasteiger partial charge is 0.157 e. The number of benzene rings is 1. The molecule has 4 radical (unpaired) electrons. The third kappa shape index (κ3) is 10.6. The molecule has 0 aliphatic heterocycles. The van der Waals surface area contributed by atoms with Crippen LogP contribution in [0.4, 0.5) is 0 Å². The Morgan fingerprint density at radius 3 is 0.923 bits per heavy atom. The van der Waals surface area contributed by atoms with Crippen LogP contribution >= 0.6 is 0 Å². The van der Waals surface area contributed by atoms with Gasteiger partial charge >= 0.3 is 0 Å². The first-order valence-corrected chi connectivity index (χ1v) is 11.6. The molecule has 0 spiro atoms. The number of ether oxygens (including phenoxy) is 4. The van der Waals surface area contributed by atoms with Gasteiger partial charge in [0, 0.05) is 0 Å². The van der Waals surface area contributed by atoms with Crippen molar-refractivity contribution < 1.29 is 18.9 Å². The normalized spacial score (nSPS) is 12.5. The maximum absolute atomic E-state index is 5.90. The highest BCUT2D eigenvalue weighted by molar-refractivity contribution is 6.56. The lowest BCUT2D eigenvalue weighted by molar-refractivity contribution is -0.133.